The van der Waals surface area contributed by atoms with Gasteiger partial charge in [0.2, 0.25) is 0 Å². The quantitative estimate of drug-likeness (QED) is 0.327. The van der Waals surface area contributed by atoms with Gasteiger partial charge in [0.05, 0.1) is 5.69 Å². The number of aliphatic imine (C=N–C) groups is 1. The summed E-state index contributed by atoms with van der Waals surface area (Å²) in [4.78, 5) is 9.03. The number of hydrogen-bond donors (Lipinski definition) is 2. The number of benzene rings is 2. The van der Waals surface area contributed by atoms with Crippen LogP contribution in [0.4, 0.5) is 5.69 Å². The van der Waals surface area contributed by atoms with Crippen molar-refractivity contribution in [2.24, 2.45) is 10.7 Å². The summed E-state index contributed by atoms with van der Waals surface area (Å²) in [7, 11) is 0. The van der Waals surface area contributed by atoms with Gasteiger partial charge in [0.1, 0.15) is 5.01 Å². The number of nitrogens with zero attached hydrogens (tertiary/aromatic N) is 2. The number of guanidine groups is 1. The van der Waals surface area contributed by atoms with Crippen molar-refractivity contribution < 1.29 is 0 Å². The number of aromatic nitrogens is 1. The Morgan fingerprint density at radius 1 is 1.12 bits per heavy atom. The highest BCUT2D eigenvalue weighted by molar-refractivity contribution is 14.0. The molecule has 1 aromatic heterocycles. The lowest BCUT2D eigenvalue weighted by Gasteiger charge is -2.05. The predicted molar refractivity (Wildman–Crippen MR) is 118 cm³/mol. The smallest absolute Gasteiger partial charge is 0.193 e. The molecule has 0 saturated heterocycles. The Kier molecular flexibility index (Phi) is 7.39. The highest BCUT2D eigenvalue weighted by atomic mass is 127. The molecule has 0 bridgehead atoms. The molecule has 0 radical (unpaired) electrons. The Labute approximate surface area is 169 Å². The van der Waals surface area contributed by atoms with Gasteiger partial charge in [-0.15, -0.1) is 35.3 Å². The first-order valence-electron chi connectivity index (χ1n) is 7.84. The standard InChI is InChI=1S/C19H20N4S.HI/c1-14-7-9-16(10-8-14)23-19(20)21-12-11-17-13-24-18(22-17)15-5-3-2-4-6-15;/h2-10,13H,11-12H2,1H3,(H3,20,21,23);1H. The summed E-state index contributed by atoms with van der Waals surface area (Å²) in [6.07, 6.45) is 0.777. The first kappa shape index (κ1) is 19.4. The average molecular weight is 464 g/mol. The molecule has 0 amide bonds. The van der Waals surface area contributed by atoms with Crippen molar-refractivity contribution in [3.05, 3.63) is 71.2 Å². The van der Waals surface area contributed by atoms with E-state index >= 15 is 0 Å². The minimum absolute atomic E-state index is 0. The van der Waals surface area contributed by atoms with Gasteiger partial charge in [-0.3, -0.25) is 4.99 Å². The van der Waals surface area contributed by atoms with E-state index in [0.29, 0.717) is 12.5 Å². The van der Waals surface area contributed by atoms with E-state index in [1.54, 1.807) is 11.3 Å². The van der Waals surface area contributed by atoms with E-state index in [0.717, 1.165) is 28.4 Å². The summed E-state index contributed by atoms with van der Waals surface area (Å²) in [5.74, 6) is 0.428. The van der Waals surface area contributed by atoms with Gasteiger partial charge in [0, 0.05) is 29.6 Å². The molecule has 0 spiro atoms. The molecular formula is C19H21IN4S. The highest BCUT2D eigenvalue weighted by Gasteiger charge is 2.04. The molecule has 3 aromatic rings. The molecule has 0 saturated carbocycles. The zero-order valence-electron chi connectivity index (χ0n) is 14.0. The molecule has 3 rings (SSSR count). The monoisotopic (exact) mass is 464 g/mol. The van der Waals surface area contributed by atoms with E-state index in [-0.39, 0.29) is 24.0 Å². The lowest BCUT2D eigenvalue weighted by molar-refractivity contribution is 0.934. The first-order chi connectivity index (χ1) is 11.7. The fourth-order valence-electron chi connectivity index (χ4n) is 2.25. The molecule has 130 valence electrons. The zero-order valence-corrected chi connectivity index (χ0v) is 17.1. The van der Waals surface area contributed by atoms with E-state index in [9.17, 15) is 0 Å². The van der Waals surface area contributed by atoms with Crippen molar-refractivity contribution in [3.8, 4) is 10.6 Å². The molecule has 0 aliphatic carbocycles. The van der Waals surface area contributed by atoms with Crippen molar-refractivity contribution in [2.45, 2.75) is 13.3 Å². The van der Waals surface area contributed by atoms with Gasteiger partial charge >= 0.3 is 0 Å². The largest absolute Gasteiger partial charge is 0.370 e. The van der Waals surface area contributed by atoms with Crippen molar-refractivity contribution >= 4 is 47.0 Å². The van der Waals surface area contributed by atoms with E-state index in [1.165, 1.54) is 5.56 Å². The van der Waals surface area contributed by atoms with Crippen LogP contribution in [-0.2, 0) is 6.42 Å². The normalized spacial score (nSPS) is 11.0. The van der Waals surface area contributed by atoms with Crippen molar-refractivity contribution in [2.75, 3.05) is 11.9 Å². The number of aryl methyl sites for hydroxylation is 1. The second-order valence-corrected chi connectivity index (χ2v) is 6.38. The van der Waals surface area contributed by atoms with Gasteiger partial charge in [-0.1, -0.05) is 48.0 Å². The van der Waals surface area contributed by atoms with Crippen LogP contribution in [-0.4, -0.2) is 17.5 Å². The molecular weight excluding hydrogens is 443 g/mol. The van der Waals surface area contributed by atoms with Gasteiger partial charge in [-0.05, 0) is 19.1 Å². The van der Waals surface area contributed by atoms with Gasteiger partial charge in [0.15, 0.2) is 5.96 Å². The van der Waals surface area contributed by atoms with Crippen LogP contribution in [0.2, 0.25) is 0 Å². The Hall–Kier alpha value is -1.93. The molecule has 1 heterocycles. The Balaban J connectivity index is 0.00000225. The number of halogens is 1. The fraction of sp³-hybridized carbons (Fsp3) is 0.158. The van der Waals surface area contributed by atoms with Crippen LogP contribution >= 0.6 is 35.3 Å². The van der Waals surface area contributed by atoms with E-state index in [4.69, 9.17) is 5.73 Å². The summed E-state index contributed by atoms with van der Waals surface area (Å²) < 4.78 is 0. The summed E-state index contributed by atoms with van der Waals surface area (Å²) in [6, 6.07) is 18.3. The summed E-state index contributed by atoms with van der Waals surface area (Å²) in [5.41, 5.74) is 10.3. The van der Waals surface area contributed by atoms with Crippen LogP contribution in [0.5, 0.6) is 0 Å². The Morgan fingerprint density at radius 2 is 1.84 bits per heavy atom. The Bertz CT molecular complexity index is 813. The second-order valence-electron chi connectivity index (χ2n) is 5.52. The lowest BCUT2D eigenvalue weighted by atomic mass is 10.2. The van der Waals surface area contributed by atoms with Crippen LogP contribution in [0.3, 0.4) is 0 Å². The number of nitrogens with two attached hydrogens (primary N) is 1. The molecule has 6 heteroatoms. The predicted octanol–water partition coefficient (Wildman–Crippen LogP) is 4.71. The number of thiazole rings is 1. The molecule has 0 aliphatic rings. The van der Waals surface area contributed by atoms with Crippen molar-refractivity contribution in [3.63, 3.8) is 0 Å². The van der Waals surface area contributed by atoms with Crippen LogP contribution in [0.15, 0.2) is 65.0 Å². The Morgan fingerprint density at radius 3 is 2.56 bits per heavy atom. The maximum absolute atomic E-state index is 5.93. The maximum Gasteiger partial charge on any atom is 0.193 e. The minimum Gasteiger partial charge on any atom is -0.370 e. The molecule has 25 heavy (non-hydrogen) atoms. The zero-order chi connectivity index (χ0) is 16.8. The topological polar surface area (TPSA) is 63.3 Å². The second kappa shape index (κ2) is 9.53. The maximum atomic E-state index is 5.93. The molecule has 0 atom stereocenters. The van der Waals surface area contributed by atoms with E-state index in [2.05, 4.69) is 39.7 Å². The fourth-order valence-corrected chi connectivity index (χ4v) is 3.11. The lowest BCUT2D eigenvalue weighted by Crippen LogP contribution is -2.23. The highest BCUT2D eigenvalue weighted by Crippen LogP contribution is 2.23. The van der Waals surface area contributed by atoms with Gasteiger partial charge in [-0.2, -0.15) is 0 Å². The van der Waals surface area contributed by atoms with E-state index in [1.807, 2.05) is 42.5 Å². The SMILES string of the molecule is Cc1ccc(NC(N)=NCCc2csc(-c3ccccc3)n2)cc1.I. The average Bonchev–Trinajstić information content (AvgIpc) is 3.07. The summed E-state index contributed by atoms with van der Waals surface area (Å²) in [5, 5.41) is 6.22. The first-order valence-corrected chi connectivity index (χ1v) is 8.72. The summed E-state index contributed by atoms with van der Waals surface area (Å²) in [6.45, 7) is 2.67. The number of nitrogens with one attached hydrogen (secondary N) is 1. The molecule has 0 aliphatic heterocycles. The molecule has 3 N–H and O–H groups in total. The molecule has 0 unspecified atom stereocenters. The molecule has 4 nitrogen and oxygen atoms in total. The third kappa shape index (κ3) is 5.82. The number of anilines is 1. The van der Waals surface area contributed by atoms with Crippen LogP contribution in [0.1, 0.15) is 11.3 Å². The third-order valence-electron chi connectivity index (χ3n) is 3.55. The minimum atomic E-state index is 0. The van der Waals surface area contributed by atoms with Gasteiger partial charge in [-0.25, -0.2) is 4.98 Å². The molecule has 2 aromatic carbocycles. The third-order valence-corrected chi connectivity index (χ3v) is 4.49. The van der Waals surface area contributed by atoms with Crippen LogP contribution in [0.25, 0.3) is 10.6 Å². The van der Waals surface area contributed by atoms with Crippen molar-refractivity contribution in [1.82, 2.24) is 4.98 Å². The van der Waals surface area contributed by atoms with Gasteiger partial charge < -0.3 is 11.1 Å². The summed E-state index contributed by atoms with van der Waals surface area (Å²) >= 11 is 1.66. The van der Waals surface area contributed by atoms with Crippen LogP contribution < -0.4 is 11.1 Å². The number of hydrogen-bond acceptors (Lipinski definition) is 3. The van der Waals surface area contributed by atoms with Gasteiger partial charge in [0.25, 0.3) is 0 Å². The van der Waals surface area contributed by atoms with Crippen LogP contribution in [0, 0.1) is 6.92 Å². The number of rotatable bonds is 5. The molecule has 0 fully saturated rings. The van der Waals surface area contributed by atoms with Crippen molar-refractivity contribution in [1.29, 1.82) is 0 Å². The van der Waals surface area contributed by atoms with E-state index < -0.39 is 0 Å².